The molecule has 0 aliphatic rings. The van der Waals surface area contributed by atoms with Gasteiger partial charge in [-0.1, -0.05) is 19.9 Å². The number of amides is 1. The molecule has 0 fully saturated rings. The lowest BCUT2D eigenvalue weighted by molar-refractivity contribution is -0.116. The Hall–Kier alpha value is -2.01. The van der Waals surface area contributed by atoms with Crippen molar-refractivity contribution < 1.29 is 14.6 Å². The van der Waals surface area contributed by atoms with E-state index in [9.17, 15) is 9.90 Å². The van der Waals surface area contributed by atoms with Gasteiger partial charge in [0, 0.05) is 12.6 Å². The van der Waals surface area contributed by atoms with E-state index in [1.165, 1.54) is 13.2 Å². The first-order valence-corrected chi connectivity index (χ1v) is 7.66. The zero-order chi connectivity index (χ0) is 16.4. The molecule has 0 atom stereocenters. The molecule has 0 aliphatic carbocycles. The van der Waals surface area contributed by atoms with Crippen LogP contribution in [0.1, 0.15) is 25.8 Å². The van der Waals surface area contributed by atoms with E-state index in [4.69, 9.17) is 4.74 Å². The first kappa shape index (κ1) is 18.0. The smallest absolute Gasteiger partial charge is 0.243 e. The molecule has 0 saturated carbocycles. The molecular formula is C17H26N2O3. The fourth-order valence-corrected chi connectivity index (χ4v) is 2.08. The predicted octanol–water partition coefficient (Wildman–Crippen LogP) is 2.26. The van der Waals surface area contributed by atoms with Gasteiger partial charge < -0.3 is 20.1 Å². The van der Waals surface area contributed by atoms with Gasteiger partial charge in [-0.3, -0.25) is 4.79 Å². The number of phenols is 1. The average Bonchev–Trinajstić information content (AvgIpc) is 2.54. The second-order valence-corrected chi connectivity index (χ2v) is 4.94. The number of hydrogen-bond acceptors (Lipinski definition) is 4. The van der Waals surface area contributed by atoms with Gasteiger partial charge in [-0.15, -0.1) is 0 Å². The van der Waals surface area contributed by atoms with E-state index in [1.807, 2.05) is 0 Å². The van der Waals surface area contributed by atoms with E-state index in [0.29, 0.717) is 12.3 Å². The van der Waals surface area contributed by atoms with Crippen molar-refractivity contribution in [3.63, 3.8) is 0 Å². The molecule has 1 amide bonds. The van der Waals surface area contributed by atoms with Crippen molar-refractivity contribution in [3.05, 3.63) is 29.8 Å². The summed E-state index contributed by atoms with van der Waals surface area (Å²) in [6, 6.07) is 4.95. The molecule has 0 radical (unpaired) electrons. The van der Waals surface area contributed by atoms with Crippen LogP contribution >= 0.6 is 0 Å². The maximum absolute atomic E-state index is 11.7. The van der Waals surface area contributed by atoms with E-state index in [-0.39, 0.29) is 11.7 Å². The van der Waals surface area contributed by atoms with Gasteiger partial charge in [-0.05, 0) is 49.8 Å². The van der Waals surface area contributed by atoms with Crippen LogP contribution in [0.25, 0.3) is 6.08 Å². The Morgan fingerprint density at radius 3 is 2.73 bits per heavy atom. The SMILES string of the molecule is CCN(CC)CCCNC(=O)/C=C/c1ccc(O)c(OC)c1. The van der Waals surface area contributed by atoms with Crippen LogP contribution in [-0.2, 0) is 4.79 Å². The highest BCUT2D eigenvalue weighted by atomic mass is 16.5. The number of rotatable bonds is 9. The molecule has 1 rings (SSSR count). The summed E-state index contributed by atoms with van der Waals surface area (Å²) in [5.74, 6) is 0.355. The Balaban J connectivity index is 2.38. The molecule has 0 saturated heterocycles. The van der Waals surface area contributed by atoms with Gasteiger partial charge in [-0.25, -0.2) is 0 Å². The third-order valence-electron chi connectivity index (χ3n) is 3.48. The maximum Gasteiger partial charge on any atom is 0.243 e. The van der Waals surface area contributed by atoms with Crippen LogP contribution in [0, 0.1) is 0 Å². The lowest BCUT2D eigenvalue weighted by atomic mass is 10.2. The Kier molecular flexibility index (Phi) is 8.07. The number of carbonyl (C=O) groups excluding carboxylic acids is 1. The molecule has 0 bridgehead atoms. The fraction of sp³-hybridized carbons (Fsp3) is 0.471. The highest BCUT2D eigenvalue weighted by Crippen LogP contribution is 2.26. The molecule has 122 valence electrons. The van der Waals surface area contributed by atoms with Gasteiger partial charge >= 0.3 is 0 Å². The molecule has 1 aromatic carbocycles. The summed E-state index contributed by atoms with van der Waals surface area (Å²) >= 11 is 0. The summed E-state index contributed by atoms with van der Waals surface area (Å²) in [7, 11) is 1.49. The van der Waals surface area contributed by atoms with Crippen molar-refractivity contribution in [1.29, 1.82) is 0 Å². The summed E-state index contributed by atoms with van der Waals surface area (Å²) in [5.41, 5.74) is 0.799. The molecular weight excluding hydrogens is 280 g/mol. The molecule has 5 nitrogen and oxygen atoms in total. The van der Waals surface area contributed by atoms with Crippen molar-refractivity contribution in [1.82, 2.24) is 10.2 Å². The molecule has 22 heavy (non-hydrogen) atoms. The van der Waals surface area contributed by atoms with Crippen LogP contribution in [0.15, 0.2) is 24.3 Å². The summed E-state index contributed by atoms with van der Waals surface area (Å²) in [6.45, 7) is 8.00. The molecule has 0 heterocycles. The maximum atomic E-state index is 11.7. The van der Waals surface area contributed by atoms with Crippen LogP contribution in [0.4, 0.5) is 0 Å². The molecule has 5 heteroatoms. The Morgan fingerprint density at radius 1 is 1.36 bits per heavy atom. The van der Waals surface area contributed by atoms with E-state index in [0.717, 1.165) is 31.6 Å². The molecule has 0 aliphatic heterocycles. The summed E-state index contributed by atoms with van der Waals surface area (Å²) in [6.07, 6.45) is 4.12. The standard InChI is InChI=1S/C17H26N2O3/c1-4-19(5-2)12-6-11-18-17(21)10-8-14-7-9-15(20)16(13-14)22-3/h7-10,13,20H,4-6,11-12H2,1-3H3,(H,18,21)/b10-8+. The second kappa shape index (κ2) is 9.84. The number of ether oxygens (including phenoxy) is 1. The Morgan fingerprint density at radius 2 is 2.09 bits per heavy atom. The second-order valence-electron chi connectivity index (χ2n) is 4.94. The fourth-order valence-electron chi connectivity index (χ4n) is 2.08. The van der Waals surface area contributed by atoms with E-state index in [2.05, 4.69) is 24.1 Å². The molecule has 0 spiro atoms. The number of nitrogens with one attached hydrogen (secondary N) is 1. The average molecular weight is 306 g/mol. The topological polar surface area (TPSA) is 61.8 Å². The normalized spacial score (nSPS) is 11.1. The van der Waals surface area contributed by atoms with Gasteiger partial charge in [0.25, 0.3) is 0 Å². The van der Waals surface area contributed by atoms with Gasteiger partial charge in [0.2, 0.25) is 5.91 Å². The van der Waals surface area contributed by atoms with Gasteiger partial charge in [-0.2, -0.15) is 0 Å². The third-order valence-corrected chi connectivity index (χ3v) is 3.48. The van der Waals surface area contributed by atoms with Gasteiger partial charge in [0.1, 0.15) is 0 Å². The molecule has 1 aromatic rings. The minimum absolute atomic E-state index is 0.0838. The summed E-state index contributed by atoms with van der Waals surface area (Å²) in [5, 5.41) is 12.4. The number of nitrogens with zero attached hydrogens (tertiary/aromatic N) is 1. The highest BCUT2D eigenvalue weighted by Gasteiger charge is 2.02. The zero-order valence-corrected chi connectivity index (χ0v) is 13.6. The van der Waals surface area contributed by atoms with Crippen molar-refractivity contribution in [2.24, 2.45) is 0 Å². The number of phenolic OH excluding ortho intramolecular Hbond substituents is 1. The predicted molar refractivity (Wildman–Crippen MR) is 89.1 cm³/mol. The minimum atomic E-state index is -0.119. The van der Waals surface area contributed by atoms with E-state index in [1.54, 1.807) is 24.3 Å². The van der Waals surface area contributed by atoms with E-state index >= 15 is 0 Å². The number of hydrogen-bond donors (Lipinski definition) is 2. The number of methoxy groups -OCH3 is 1. The number of benzene rings is 1. The molecule has 0 unspecified atom stereocenters. The number of carbonyl (C=O) groups is 1. The summed E-state index contributed by atoms with van der Waals surface area (Å²) < 4.78 is 5.03. The van der Waals surface area contributed by atoms with Crippen LogP contribution in [0.5, 0.6) is 11.5 Å². The lowest BCUT2D eigenvalue weighted by Gasteiger charge is -2.17. The monoisotopic (exact) mass is 306 g/mol. The van der Waals surface area contributed by atoms with Crippen LogP contribution in [-0.4, -0.2) is 49.2 Å². The third kappa shape index (κ3) is 6.18. The van der Waals surface area contributed by atoms with Gasteiger partial charge in [0.15, 0.2) is 11.5 Å². The van der Waals surface area contributed by atoms with Gasteiger partial charge in [0.05, 0.1) is 7.11 Å². The largest absolute Gasteiger partial charge is 0.504 e. The van der Waals surface area contributed by atoms with Crippen molar-refractivity contribution in [2.45, 2.75) is 20.3 Å². The van der Waals surface area contributed by atoms with Crippen molar-refractivity contribution in [2.75, 3.05) is 33.3 Å². The highest BCUT2D eigenvalue weighted by molar-refractivity contribution is 5.91. The minimum Gasteiger partial charge on any atom is -0.504 e. The van der Waals surface area contributed by atoms with Crippen molar-refractivity contribution in [3.8, 4) is 11.5 Å². The van der Waals surface area contributed by atoms with E-state index < -0.39 is 0 Å². The first-order valence-electron chi connectivity index (χ1n) is 7.66. The van der Waals surface area contributed by atoms with Crippen LogP contribution in [0.2, 0.25) is 0 Å². The zero-order valence-electron chi connectivity index (χ0n) is 13.6. The lowest BCUT2D eigenvalue weighted by Crippen LogP contribution is -2.29. The Labute approximate surface area is 132 Å². The first-order chi connectivity index (χ1) is 10.6. The van der Waals surface area contributed by atoms with Crippen LogP contribution in [0.3, 0.4) is 0 Å². The summed E-state index contributed by atoms with van der Waals surface area (Å²) in [4.78, 5) is 14.1. The Bertz CT molecular complexity index is 497. The quantitative estimate of drug-likeness (QED) is 0.543. The number of aromatic hydroxyl groups is 1. The molecule has 2 N–H and O–H groups in total. The van der Waals surface area contributed by atoms with Crippen molar-refractivity contribution >= 4 is 12.0 Å². The molecule has 0 aromatic heterocycles. The van der Waals surface area contributed by atoms with Crippen LogP contribution < -0.4 is 10.1 Å².